The summed E-state index contributed by atoms with van der Waals surface area (Å²) in [5.41, 5.74) is 1.56. The summed E-state index contributed by atoms with van der Waals surface area (Å²) in [6.45, 7) is 8.67. The van der Waals surface area contributed by atoms with E-state index in [1.54, 1.807) is 0 Å². The summed E-state index contributed by atoms with van der Waals surface area (Å²) < 4.78 is 5.97. The molecule has 1 heterocycles. The smallest absolute Gasteiger partial charge is 0.235 e. The molecule has 0 unspecified atom stereocenters. The summed E-state index contributed by atoms with van der Waals surface area (Å²) >= 11 is 0. The van der Waals surface area contributed by atoms with Crippen LogP contribution in [0.4, 0.5) is 5.69 Å². The molecule has 1 N–H and O–H groups in total. The van der Waals surface area contributed by atoms with Gasteiger partial charge in [0.15, 0.2) is 0 Å². The van der Waals surface area contributed by atoms with E-state index < -0.39 is 5.41 Å². The summed E-state index contributed by atoms with van der Waals surface area (Å²) in [4.78, 5) is 15.8. The molecule has 31 heavy (non-hydrogen) atoms. The Morgan fingerprint density at radius 1 is 1.00 bits per heavy atom. The molecule has 2 aromatic rings. The van der Waals surface area contributed by atoms with Gasteiger partial charge in [0.25, 0.3) is 0 Å². The molecule has 1 saturated heterocycles. The van der Waals surface area contributed by atoms with E-state index in [4.69, 9.17) is 4.74 Å². The van der Waals surface area contributed by atoms with Crippen molar-refractivity contribution < 1.29 is 9.53 Å². The Hall–Kier alpha value is -2.33. The van der Waals surface area contributed by atoms with Crippen LogP contribution in [0.15, 0.2) is 54.6 Å². The highest BCUT2D eigenvalue weighted by molar-refractivity contribution is 5.99. The molecule has 2 aromatic carbocycles. The van der Waals surface area contributed by atoms with Crippen LogP contribution in [0, 0.1) is 11.8 Å². The first kappa shape index (κ1) is 21.9. The third-order valence-corrected chi connectivity index (χ3v) is 6.95. The van der Waals surface area contributed by atoms with Gasteiger partial charge < -0.3 is 10.1 Å². The first-order valence-electron chi connectivity index (χ1n) is 11.9. The molecule has 2 aliphatic rings. The minimum atomic E-state index is -0.404. The van der Waals surface area contributed by atoms with Crippen molar-refractivity contribution in [2.75, 3.05) is 31.6 Å². The normalized spacial score (nSPS) is 23.4. The number of piperidine rings is 1. The largest absolute Gasteiger partial charge is 0.492 e. The molecular weight excluding hydrogens is 384 g/mol. The minimum absolute atomic E-state index is 0.109. The molecule has 0 aromatic heterocycles. The quantitative estimate of drug-likeness (QED) is 0.644. The molecule has 1 aliphatic heterocycles. The fourth-order valence-corrected chi connectivity index (χ4v) is 5.54. The number of benzene rings is 2. The Bertz CT molecular complexity index is 833. The van der Waals surface area contributed by atoms with Crippen molar-refractivity contribution in [1.82, 2.24) is 4.90 Å². The fourth-order valence-electron chi connectivity index (χ4n) is 5.54. The number of hydrogen-bond acceptors (Lipinski definition) is 3. The van der Waals surface area contributed by atoms with Crippen molar-refractivity contribution in [3.63, 3.8) is 0 Å². The molecule has 2 fully saturated rings. The second-order valence-electron chi connectivity index (χ2n) is 9.69. The Morgan fingerprint density at radius 2 is 1.65 bits per heavy atom. The van der Waals surface area contributed by atoms with Gasteiger partial charge in [-0.15, -0.1) is 0 Å². The molecule has 2 atom stereocenters. The maximum absolute atomic E-state index is 13.3. The van der Waals surface area contributed by atoms with Crippen molar-refractivity contribution in [3.05, 3.63) is 60.2 Å². The number of carbonyl (C=O) groups excluding carboxylic acids is 1. The van der Waals surface area contributed by atoms with Crippen LogP contribution in [-0.4, -0.2) is 37.0 Å². The van der Waals surface area contributed by atoms with E-state index in [0.717, 1.165) is 61.1 Å². The number of amides is 1. The van der Waals surface area contributed by atoms with Gasteiger partial charge in [0.2, 0.25) is 5.91 Å². The van der Waals surface area contributed by atoms with Crippen LogP contribution in [0.2, 0.25) is 0 Å². The maximum atomic E-state index is 13.3. The minimum Gasteiger partial charge on any atom is -0.492 e. The van der Waals surface area contributed by atoms with Crippen LogP contribution in [0.3, 0.4) is 0 Å². The van der Waals surface area contributed by atoms with Gasteiger partial charge in [0.1, 0.15) is 12.4 Å². The molecule has 4 rings (SSSR count). The SMILES string of the molecule is C[C@@H]1C[C@@H](C)CN(CCOc2ccc(NC(=O)C3(c4ccccc4)CCCC3)cc2)C1. The topological polar surface area (TPSA) is 41.6 Å². The Morgan fingerprint density at radius 3 is 2.29 bits per heavy atom. The third kappa shape index (κ3) is 5.30. The van der Waals surface area contributed by atoms with Crippen LogP contribution in [0.1, 0.15) is 51.5 Å². The highest BCUT2D eigenvalue weighted by atomic mass is 16.5. The molecule has 0 spiro atoms. The van der Waals surface area contributed by atoms with E-state index in [0.29, 0.717) is 6.61 Å². The molecule has 0 radical (unpaired) electrons. The van der Waals surface area contributed by atoms with Crippen molar-refractivity contribution in [3.8, 4) is 5.75 Å². The zero-order valence-corrected chi connectivity index (χ0v) is 19.0. The zero-order chi connectivity index (χ0) is 21.7. The molecule has 1 saturated carbocycles. The van der Waals surface area contributed by atoms with Gasteiger partial charge in [0.05, 0.1) is 5.41 Å². The first-order chi connectivity index (χ1) is 15.0. The second-order valence-corrected chi connectivity index (χ2v) is 9.69. The molecule has 1 amide bonds. The number of nitrogens with one attached hydrogen (secondary N) is 1. The Balaban J connectivity index is 1.31. The van der Waals surface area contributed by atoms with E-state index in [1.165, 1.54) is 19.5 Å². The van der Waals surface area contributed by atoms with Gasteiger partial charge in [-0.25, -0.2) is 0 Å². The molecule has 1 aliphatic carbocycles. The van der Waals surface area contributed by atoms with Crippen molar-refractivity contribution >= 4 is 11.6 Å². The first-order valence-corrected chi connectivity index (χ1v) is 11.9. The lowest BCUT2D eigenvalue weighted by atomic mass is 9.78. The summed E-state index contributed by atoms with van der Waals surface area (Å²) in [7, 11) is 0. The van der Waals surface area contributed by atoms with Crippen LogP contribution < -0.4 is 10.1 Å². The average molecular weight is 421 g/mol. The third-order valence-electron chi connectivity index (χ3n) is 6.95. The van der Waals surface area contributed by atoms with Crippen molar-refractivity contribution in [2.24, 2.45) is 11.8 Å². The highest BCUT2D eigenvalue weighted by Crippen LogP contribution is 2.42. The van der Waals surface area contributed by atoms with Crippen LogP contribution in [0.5, 0.6) is 5.75 Å². The van der Waals surface area contributed by atoms with E-state index >= 15 is 0 Å². The van der Waals surface area contributed by atoms with Gasteiger partial charge in [-0.2, -0.15) is 0 Å². The summed E-state index contributed by atoms with van der Waals surface area (Å²) in [6.07, 6.45) is 5.36. The lowest BCUT2D eigenvalue weighted by Gasteiger charge is -2.34. The summed E-state index contributed by atoms with van der Waals surface area (Å²) in [6, 6.07) is 18.1. The van der Waals surface area contributed by atoms with E-state index in [1.807, 2.05) is 42.5 Å². The maximum Gasteiger partial charge on any atom is 0.235 e. The van der Waals surface area contributed by atoms with Gasteiger partial charge in [-0.05, 0) is 60.9 Å². The lowest BCUT2D eigenvalue weighted by Crippen LogP contribution is -2.40. The standard InChI is InChI=1S/C27H36N2O2/c1-21-18-22(2)20-29(19-21)16-17-31-25-12-10-24(11-13-25)28-26(30)27(14-6-7-15-27)23-8-4-3-5-9-23/h3-5,8-13,21-22H,6-7,14-20H2,1-2H3,(H,28,30)/t21-,22-/m1/s1. The molecule has 4 heteroatoms. The fraction of sp³-hybridized carbons (Fsp3) is 0.519. The molecule has 4 nitrogen and oxygen atoms in total. The monoisotopic (exact) mass is 420 g/mol. The predicted octanol–water partition coefficient (Wildman–Crippen LogP) is 5.49. The molecule has 166 valence electrons. The summed E-state index contributed by atoms with van der Waals surface area (Å²) in [5.74, 6) is 2.50. The number of ether oxygens (including phenoxy) is 1. The van der Waals surface area contributed by atoms with Crippen LogP contribution in [-0.2, 0) is 10.2 Å². The number of carbonyl (C=O) groups is 1. The number of nitrogens with zero attached hydrogens (tertiary/aromatic N) is 1. The number of rotatable bonds is 7. The predicted molar refractivity (Wildman–Crippen MR) is 127 cm³/mol. The van der Waals surface area contributed by atoms with E-state index in [9.17, 15) is 4.79 Å². The Kier molecular flexibility index (Phi) is 6.96. The van der Waals surface area contributed by atoms with Crippen molar-refractivity contribution in [2.45, 2.75) is 51.4 Å². The van der Waals surface area contributed by atoms with E-state index in [2.05, 4.69) is 36.2 Å². The number of likely N-dealkylation sites (tertiary alicyclic amines) is 1. The van der Waals surface area contributed by atoms with Gasteiger partial charge in [-0.1, -0.05) is 57.0 Å². The zero-order valence-electron chi connectivity index (χ0n) is 19.0. The van der Waals surface area contributed by atoms with Gasteiger partial charge in [-0.3, -0.25) is 9.69 Å². The lowest BCUT2D eigenvalue weighted by molar-refractivity contribution is -0.121. The Labute approximate surface area is 187 Å². The number of hydrogen-bond donors (Lipinski definition) is 1. The second kappa shape index (κ2) is 9.86. The van der Waals surface area contributed by atoms with E-state index in [-0.39, 0.29) is 5.91 Å². The number of anilines is 1. The van der Waals surface area contributed by atoms with Gasteiger partial charge in [0, 0.05) is 25.3 Å². The van der Waals surface area contributed by atoms with Gasteiger partial charge >= 0.3 is 0 Å². The molecule has 0 bridgehead atoms. The van der Waals surface area contributed by atoms with Crippen LogP contribution >= 0.6 is 0 Å². The van der Waals surface area contributed by atoms with Crippen LogP contribution in [0.25, 0.3) is 0 Å². The summed E-state index contributed by atoms with van der Waals surface area (Å²) in [5, 5.41) is 3.17. The van der Waals surface area contributed by atoms with Crippen molar-refractivity contribution in [1.29, 1.82) is 0 Å². The molecular formula is C27H36N2O2. The average Bonchev–Trinajstić information content (AvgIpc) is 3.26. The highest BCUT2D eigenvalue weighted by Gasteiger charge is 2.42.